The van der Waals surface area contributed by atoms with Gasteiger partial charge in [-0.15, -0.1) is 0 Å². The standard InChI is InChI=1S/C18H17NO2/c1-12-5-7-18(21-3)16(8-12)15-9-14-6-4-13(2)10-19(14)17(15)11-20/h4-11H,1-3H3. The van der Waals surface area contributed by atoms with Gasteiger partial charge in [-0.2, -0.15) is 0 Å². The van der Waals surface area contributed by atoms with E-state index in [-0.39, 0.29) is 0 Å². The molecule has 0 bridgehead atoms. The van der Waals surface area contributed by atoms with Crippen molar-refractivity contribution in [3.63, 3.8) is 0 Å². The van der Waals surface area contributed by atoms with Crippen LogP contribution in [0.25, 0.3) is 16.6 Å². The molecular weight excluding hydrogens is 262 g/mol. The van der Waals surface area contributed by atoms with Gasteiger partial charge < -0.3 is 9.14 Å². The minimum Gasteiger partial charge on any atom is -0.496 e. The summed E-state index contributed by atoms with van der Waals surface area (Å²) >= 11 is 0. The van der Waals surface area contributed by atoms with Crippen LogP contribution in [0.15, 0.2) is 42.6 Å². The Morgan fingerprint density at radius 3 is 2.48 bits per heavy atom. The average molecular weight is 279 g/mol. The Morgan fingerprint density at radius 1 is 1.00 bits per heavy atom. The third-order valence-electron chi connectivity index (χ3n) is 3.71. The van der Waals surface area contributed by atoms with Gasteiger partial charge in [0.1, 0.15) is 5.75 Å². The lowest BCUT2D eigenvalue weighted by atomic mass is 10.0. The number of aryl methyl sites for hydroxylation is 2. The Bertz CT molecular complexity index is 831. The van der Waals surface area contributed by atoms with Crippen molar-refractivity contribution in [2.24, 2.45) is 0 Å². The molecule has 0 saturated heterocycles. The van der Waals surface area contributed by atoms with Crippen LogP contribution in [0.4, 0.5) is 0 Å². The molecule has 0 aliphatic heterocycles. The highest BCUT2D eigenvalue weighted by atomic mass is 16.5. The number of carbonyl (C=O) groups excluding carboxylic acids is 1. The molecule has 0 fully saturated rings. The molecule has 2 aromatic heterocycles. The minimum atomic E-state index is 0.651. The van der Waals surface area contributed by atoms with Gasteiger partial charge in [0, 0.05) is 22.8 Å². The van der Waals surface area contributed by atoms with Crippen LogP contribution in [-0.2, 0) is 0 Å². The van der Waals surface area contributed by atoms with Crippen molar-refractivity contribution in [1.82, 2.24) is 4.40 Å². The monoisotopic (exact) mass is 279 g/mol. The molecule has 106 valence electrons. The lowest BCUT2D eigenvalue weighted by Gasteiger charge is -2.09. The Morgan fingerprint density at radius 2 is 1.76 bits per heavy atom. The minimum absolute atomic E-state index is 0.651. The van der Waals surface area contributed by atoms with Gasteiger partial charge in [0.2, 0.25) is 0 Å². The van der Waals surface area contributed by atoms with Crippen molar-refractivity contribution in [2.45, 2.75) is 13.8 Å². The number of aromatic nitrogens is 1. The van der Waals surface area contributed by atoms with Crippen molar-refractivity contribution in [1.29, 1.82) is 0 Å². The molecule has 0 saturated carbocycles. The van der Waals surface area contributed by atoms with Crippen molar-refractivity contribution in [3.8, 4) is 16.9 Å². The molecule has 0 aliphatic rings. The van der Waals surface area contributed by atoms with Gasteiger partial charge in [0.05, 0.1) is 12.8 Å². The average Bonchev–Trinajstić information content (AvgIpc) is 2.84. The number of carbonyl (C=O) groups is 1. The summed E-state index contributed by atoms with van der Waals surface area (Å²) in [5.74, 6) is 0.774. The number of aldehydes is 1. The smallest absolute Gasteiger partial charge is 0.167 e. The van der Waals surface area contributed by atoms with Gasteiger partial charge in [-0.3, -0.25) is 4.79 Å². The van der Waals surface area contributed by atoms with Crippen LogP contribution in [0.1, 0.15) is 21.6 Å². The lowest BCUT2D eigenvalue weighted by Crippen LogP contribution is -1.95. The second kappa shape index (κ2) is 5.09. The number of pyridine rings is 1. The zero-order chi connectivity index (χ0) is 15.0. The van der Waals surface area contributed by atoms with Gasteiger partial charge in [0.25, 0.3) is 0 Å². The molecule has 0 atom stereocenters. The fourth-order valence-electron chi connectivity index (χ4n) is 2.66. The summed E-state index contributed by atoms with van der Waals surface area (Å²) in [5.41, 5.74) is 5.74. The van der Waals surface area contributed by atoms with Crippen LogP contribution in [0.3, 0.4) is 0 Å². The van der Waals surface area contributed by atoms with E-state index in [4.69, 9.17) is 4.74 Å². The van der Waals surface area contributed by atoms with Gasteiger partial charge in [0.15, 0.2) is 6.29 Å². The Labute approximate surface area is 123 Å². The van der Waals surface area contributed by atoms with E-state index in [1.54, 1.807) is 7.11 Å². The summed E-state index contributed by atoms with van der Waals surface area (Å²) in [7, 11) is 1.65. The first-order valence-corrected chi connectivity index (χ1v) is 6.86. The van der Waals surface area contributed by atoms with Gasteiger partial charge >= 0.3 is 0 Å². The highest BCUT2D eigenvalue weighted by Gasteiger charge is 2.15. The van der Waals surface area contributed by atoms with E-state index in [1.807, 2.05) is 60.8 Å². The highest BCUT2D eigenvalue weighted by Crippen LogP contribution is 2.34. The number of benzene rings is 1. The molecule has 21 heavy (non-hydrogen) atoms. The summed E-state index contributed by atoms with van der Waals surface area (Å²) in [5, 5.41) is 0. The molecule has 3 rings (SSSR count). The SMILES string of the molecule is COc1ccc(C)cc1-c1cc2ccc(C)cn2c1C=O. The summed E-state index contributed by atoms with van der Waals surface area (Å²) in [6.45, 7) is 4.05. The van der Waals surface area contributed by atoms with E-state index in [2.05, 4.69) is 0 Å². The zero-order valence-corrected chi connectivity index (χ0v) is 12.4. The molecular formula is C18H17NO2. The first-order valence-electron chi connectivity index (χ1n) is 6.86. The van der Waals surface area contributed by atoms with Crippen LogP contribution in [0.5, 0.6) is 5.75 Å². The Hall–Kier alpha value is -2.55. The second-order valence-electron chi connectivity index (χ2n) is 5.27. The molecule has 0 radical (unpaired) electrons. The molecule has 0 N–H and O–H groups in total. The van der Waals surface area contributed by atoms with E-state index >= 15 is 0 Å². The maximum Gasteiger partial charge on any atom is 0.167 e. The highest BCUT2D eigenvalue weighted by molar-refractivity contribution is 5.91. The van der Waals surface area contributed by atoms with E-state index in [0.29, 0.717) is 5.69 Å². The molecule has 3 nitrogen and oxygen atoms in total. The lowest BCUT2D eigenvalue weighted by molar-refractivity contribution is 0.111. The Balaban J connectivity index is 2.35. The largest absolute Gasteiger partial charge is 0.496 e. The molecule has 3 aromatic rings. The van der Waals surface area contributed by atoms with Crippen LogP contribution >= 0.6 is 0 Å². The van der Waals surface area contributed by atoms with E-state index in [1.165, 1.54) is 0 Å². The normalized spacial score (nSPS) is 10.8. The predicted octanol–water partition coefficient (Wildman–Crippen LogP) is 4.04. The molecule has 0 unspecified atom stereocenters. The second-order valence-corrected chi connectivity index (χ2v) is 5.27. The number of hydrogen-bond donors (Lipinski definition) is 0. The van der Waals surface area contributed by atoms with Crippen LogP contribution in [0, 0.1) is 13.8 Å². The van der Waals surface area contributed by atoms with Crippen LogP contribution < -0.4 is 4.74 Å². The zero-order valence-electron chi connectivity index (χ0n) is 12.4. The summed E-state index contributed by atoms with van der Waals surface area (Å²) < 4.78 is 7.38. The molecule has 3 heteroatoms. The van der Waals surface area contributed by atoms with Crippen molar-refractivity contribution < 1.29 is 9.53 Å². The summed E-state index contributed by atoms with van der Waals surface area (Å²) in [4.78, 5) is 11.6. The molecule has 1 aromatic carbocycles. The third-order valence-corrected chi connectivity index (χ3v) is 3.71. The number of fused-ring (bicyclic) bond motifs is 1. The van der Waals surface area contributed by atoms with Crippen LogP contribution in [0.2, 0.25) is 0 Å². The number of methoxy groups -OCH3 is 1. The molecule has 0 spiro atoms. The third kappa shape index (κ3) is 2.21. The molecule has 2 heterocycles. The van der Waals surface area contributed by atoms with E-state index < -0.39 is 0 Å². The number of rotatable bonds is 3. The van der Waals surface area contributed by atoms with Gasteiger partial charge in [-0.05, 0) is 43.7 Å². The fourth-order valence-corrected chi connectivity index (χ4v) is 2.66. The molecule has 0 amide bonds. The first-order chi connectivity index (χ1) is 10.1. The molecule has 0 aliphatic carbocycles. The van der Waals surface area contributed by atoms with Crippen molar-refractivity contribution in [2.75, 3.05) is 7.11 Å². The summed E-state index contributed by atoms with van der Waals surface area (Å²) in [6, 6.07) is 12.1. The number of nitrogens with zero attached hydrogens (tertiary/aromatic N) is 1. The topological polar surface area (TPSA) is 30.7 Å². The predicted molar refractivity (Wildman–Crippen MR) is 84.2 cm³/mol. The maximum atomic E-state index is 11.6. The van der Waals surface area contributed by atoms with Crippen molar-refractivity contribution in [3.05, 3.63) is 59.4 Å². The van der Waals surface area contributed by atoms with E-state index in [9.17, 15) is 4.79 Å². The van der Waals surface area contributed by atoms with Crippen molar-refractivity contribution >= 4 is 11.8 Å². The number of ether oxygens (including phenoxy) is 1. The number of hydrogen-bond acceptors (Lipinski definition) is 2. The maximum absolute atomic E-state index is 11.6. The summed E-state index contributed by atoms with van der Waals surface area (Å²) in [6.07, 6.45) is 2.88. The fraction of sp³-hybridized carbons (Fsp3) is 0.167. The van der Waals surface area contributed by atoms with Gasteiger partial charge in [-0.25, -0.2) is 0 Å². The van der Waals surface area contributed by atoms with E-state index in [0.717, 1.165) is 39.8 Å². The quantitative estimate of drug-likeness (QED) is 0.677. The van der Waals surface area contributed by atoms with Crippen LogP contribution in [-0.4, -0.2) is 17.8 Å². The van der Waals surface area contributed by atoms with Gasteiger partial charge in [-0.1, -0.05) is 17.7 Å². The Kier molecular flexibility index (Phi) is 3.26. The first kappa shape index (κ1) is 13.4.